The number of nitrogens with zero attached hydrogens (tertiary/aromatic N) is 3. The summed E-state index contributed by atoms with van der Waals surface area (Å²) in [5, 5.41) is 75.8. The van der Waals surface area contributed by atoms with Gasteiger partial charge in [0.25, 0.3) is 0 Å². The quantitative estimate of drug-likeness (QED) is 0.0148. The fourth-order valence-corrected chi connectivity index (χ4v) is 13.3. The molecule has 3 aliphatic rings. The van der Waals surface area contributed by atoms with Gasteiger partial charge in [-0.3, -0.25) is 101 Å². The minimum absolute atomic E-state index is 0. The lowest BCUT2D eigenvalue weighted by molar-refractivity contribution is -0.142. The van der Waals surface area contributed by atoms with Crippen LogP contribution in [0.4, 0.5) is 0 Å². The van der Waals surface area contributed by atoms with E-state index < -0.39 is 216 Å². The third-order valence-corrected chi connectivity index (χ3v) is 20.4. The number of aliphatic carboxylic acids is 3. The van der Waals surface area contributed by atoms with Crippen molar-refractivity contribution in [3.05, 3.63) is 102 Å². The highest BCUT2D eigenvalue weighted by Gasteiger charge is 2.40. The van der Waals surface area contributed by atoms with Crippen molar-refractivity contribution in [3.63, 3.8) is 0 Å². The van der Waals surface area contributed by atoms with E-state index in [0.29, 0.717) is 81.3 Å². The number of carbonyl (C=O) groups is 18. The Balaban J connectivity index is 0.000000512. The predicted molar refractivity (Wildman–Crippen MR) is 485 cm³/mol. The molecule has 0 spiro atoms. The lowest BCUT2D eigenvalue weighted by atomic mass is 10.0. The van der Waals surface area contributed by atoms with Crippen molar-refractivity contribution >= 4 is 124 Å². The smallest absolute Gasteiger partial charge is 0.305 e. The molecule has 49 nitrogen and oxygen atoms in total. The van der Waals surface area contributed by atoms with Crippen LogP contribution in [0, 0.1) is 0 Å². The zero-order chi connectivity index (χ0) is 98.1. The van der Waals surface area contributed by atoms with E-state index in [1.165, 1.54) is 45.0 Å². The molecule has 0 aliphatic carbocycles. The third-order valence-electron chi connectivity index (χ3n) is 20.4. The molecule has 0 bridgehead atoms. The molecular weight excluding hydrogens is 1740 g/mol. The number of benzene rings is 3. The van der Waals surface area contributed by atoms with Crippen molar-refractivity contribution in [2.24, 2.45) is 66.6 Å². The molecule has 15 amide bonds. The van der Waals surface area contributed by atoms with E-state index in [1.54, 1.807) is 60.7 Å². The Morgan fingerprint density at radius 3 is 0.805 bits per heavy atom. The van der Waals surface area contributed by atoms with Crippen LogP contribution >= 0.6 is 0 Å². The Bertz CT molecular complexity index is 4480. The topological polar surface area (TPSA) is 840 Å². The van der Waals surface area contributed by atoms with E-state index in [2.05, 4.69) is 94.7 Å². The fourth-order valence-electron chi connectivity index (χ4n) is 13.3. The highest BCUT2D eigenvalue weighted by molar-refractivity contribution is 6.02. The number of guanidine groups is 3. The van der Waals surface area contributed by atoms with Crippen molar-refractivity contribution in [3.8, 4) is 5.75 Å². The number of nitrogens with one attached hydrogen (secondary N) is 15. The van der Waals surface area contributed by atoms with Crippen LogP contribution in [-0.4, -0.2) is 269 Å². The highest BCUT2D eigenvalue weighted by Crippen LogP contribution is 2.19. The second kappa shape index (κ2) is 59.7. The zero-order valence-corrected chi connectivity index (χ0v) is 73.8. The average molecular weight is 1870 g/mol. The molecule has 6 rings (SSSR count). The van der Waals surface area contributed by atoms with Crippen molar-refractivity contribution in [2.45, 2.75) is 247 Å². The molecule has 734 valence electrons. The van der Waals surface area contributed by atoms with Crippen LogP contribution in [0.2, 0.25) is 0 Å². The standard InChI is InChI=1S/C28H43N9O8.C28H43N9O7.C27H41N9O7.CH4/c1-15-23(41)36-21(14-22(39)40)27(45)37-20(13-16-7-9-17(38)10-8-16)26(44)35-18(5-2-3-11-29)25(43)34-19(24(42)33-15)6-4-12-32-28(30)31;1-16-23(40)36-21(15-22(38)39)27(44)37-20(14-17-8-3-2-4-9-17)26(43)35-18(10-5-6-12-29)25(42)34-19(24(41)33-16)11-7-13-32-28(30)31;1-15-22(39)35-19(14-20(37)38)25(42)36-21(16-8-3-2-4-9-16)26(43)34-17(10-5-6-12-28)24(41)33-18(23(40)32-15)11-7-13-31-27(29)30;/h7-10,15,18-21,38H,2-6,11-14,29H2,1H3,(H,33,42)(H,34,43)(H,35,44)(H,36,41)(H,37,45)(H,39,40)(H4,30,31,32);2-4,8-9,16,18-21H,5-7,10-15,29H2,1H3,(H,33,41)(H,34,42)(H,35,43)(H,36,40)(H,37,44)(H,38,39)(H4,30,31,32);2-4,8-9,15,17-19,21H,5-7,10-14,28H2,1H3,(H,32,40)(H,33,41)(H,34,43)(H,35,39)(H,36,42)(H,37,38)(H4,29,30,31);1H4/t15-,18-,19-,20+,21-;16-,18-,19-,20+,21-;15-,17-,18-,19-,21+;/m000./s1. The molecule has 15 atom stereocenters. The van der Waals surface area contributed by atoms with Gasteiger partial charge in [0, 0.05) is 32.5 Å². The minimum Gasteiger partial charge on any atom is -0.508 e. The monoisotopic (exact) mass is 1870 g/mol. The minimum atomic E-state index is -1.61. The number of hydrogen-bond acceptors (Lipinski definition) is 25. The van der Waals surface area contributed by atoms with Gasteiger partial charge in [-0.05, 0) is 166 Å². The van der Waals surface area contributed by atoms with E-state index in [9.17, 15) is 107 Å². The number of aliphatic imine (C=N–C) groups is 3. The summed E-state index contributed by atoms with van der Waals surface area (Å²) in [6.07, 6.45) is 2.14. The van der Waals surface area contributed by atoms with E-state index in [1.807, 2.05) is 0 Å². The second-order valence-corrected chi connectivity index (χ2v) is 31.3. The highest BCUT2D eigenvalue weighted by atomic mass is 16.4. The maximum absolute atomic E-state index is 13.6. The number of carboxylic acids is 3. The van der Waals surface area contributed by atoms with E-state index >= 15 is 0 Å². The fraction of sp³-hybridized carbons (Fsp3) is 0.536. The number of hydrogen-bond donors (Lipinski definition) is 28. The molecule has 133 heavy (non-hydrogen) atoms. The van der Waals surface area contributed by atoms with Crippen LogP contribution < -0.4 is 131 Å². The average Bonchev–Trinajstić information content (AvgIpc) is 1.54. The Morgan fingerprint density at radius 2 is 0.519 bits per heavy atom. The molecule has 0 radical (unpaired) electrons. The summed E-state index contributed by atoms with van der Waals surface area (Å²) in [5.41, 5.74) is 50.6. The van der Waals surface area contributed by atoms with Crippen LogP contribution in [0.3, 0.4) is 0 Å². The molecule has 3 aromatic rings. The molecule has 3 aliphatic heterocycles. The number of rotatable bonds is 35. The predicted octanol–water partition coefficient (Wildman–Crippen LogP) is -7.50. The first-order valence-corrected chi connectivity index (χ1v) is 43.0. The number of carboxylic acid groups (broad SMARTS) is 3. The number of amides is 15. The Labute approximate surface area is 768 Å². The van der Waals surface area contributed by atoms with Gasteiger partial charge in [-0.25, -0.2) is 0 Å². The first-order chi connectivity index (χ1) is 62.6. The second-order valence-electron chi connectivity index (χ2n) is 31.3. The van der Waals surface area contributed by atoms with Gasteiger partial charge in [-0.15, -0.1) is 0 Å². The summed E-state index contributed by atoms with van der Waals surface area (Å²) in [6, 6.07) is 3.56. The first kappa shape index (κ1) is 113. The number of phenols is 1. The summed E-state index contributed by atoms with van der Waals surface area (Å²) < 4.78 is 0. The van der Waals surface area contributed by atoms with Crippen LogP contribution in [0.1, 0.15) is 167 Å². The van der Waals surface area contributed by atoms with Gasteiger partial charge in [0.05, 0.1) is 19.3 Å². The normalized spacial score (nSPS) is 23.3. The molecular formula is C84H131N27O22. The molecule has 3 heterocycles. The van der Waals surface area contributed by atoms with E-state index in [-0.39, 0.29) is 115 Å². The largest absolute Gasteiger partial charge is 0.508 e. The molecule has 0 saturated carbocycles. The van der Waals surface area contributed by atoms with Gasteiger partial charge in [0.2, 0.25) is 88.6 Å². The van der Waals surface area contributed by atoms with Gasteiger partial charge < -0.3 is 152 Å². The van der Waals surface area contributed by atoms with Crippen molar-refractivity contribution in [2.75, 3.05) is 39.3 Å². The van der Waals surface area contributed by atoms with Crippen molar-refractivity contribution in [1.82, 2.24) is 79.8 Å². The summed E-state index contributed by atoms with van der Waals surface area (Å²) >= 11 is 0. The number of unbranched alkanes of at least 4 members (excludes halogenated alkanes) is 3. The summed E-state index contributed by atoms with van der Waals surface area (Å²) in [5.74, 6) is -16.5. The molecule has 0 aromatic heterocycles. The molecule has 3 saturated heterocycles. The SMILES string of the molecule is C.C[C@@H]1NC(=O)[C@H](CCCN=C(N)N)NC(=O)[C@H](CCCCN)NC(=O)[C@@H](Cc2ccc(O)cc2)NC(=O)[C@H](CC(=O)O)NC1=O.C[C@@H]1NC(=O)[C@H](CCCN=C(N)N)NC(=O)[C@H](CCCCN)NC(=O)[C@@H](Cc2ccccc2)NC(=O)[C@H](CC(=O)O)NC1=O.C[C@@H]1NC(=O)[C@H](CCCN=C(N)N)NC(=O)[C@H](CCCCN)NC(=O)[C@@H](c2ccccc2)NC(=O)[C@H](CC(=O)O)NC1=O. The van der Waals surface area contributed by atoms with Gasteiger partial charge in [0.1, 0.15) is 96.4 Å². The number of carbonyl (C=O) groups excluding carboxylic acids is 15. The Hall–Kier alpha value is -14.4. The maximum Gasteiger partial charge on any atom is 0.305 e. The molecule has 0 unspecified atom stereocenters. The van der Waals surface area contributed by atoms with E-state index in [0.717, 1.165) is 0 Å². The van der Waals surface area contributed by atoms with Gasteiger partial charge in [-0.1, -0.05) is 80.2 Å². The van der Waals surface area contributed by atoms with Crippen LogP contribution in [0.5, 0.6) is 5.75 Å². The number of phenolic OH excluding ortho intramolecular Hbond substituents is 1. The van der Waals surface area contributed by atoms with Gasteiger partial charge >= 0.3 is 17.9 Å². The third kappa shape index (κ3) is 42.8. The van der Waals surface area contributed by atoms with Gasteiger partial charge in [0.15, 0.2) is 17.9 Å². The summed E-state index contributed by atoms with van der Waals surface area (Å²) in [7, 11) is 0. The zero-order valence-electron chi connectivity index (χ0n) is 73.8. The van der Waals surface area contributed by atoms with Crippen molar-refractivity contribution in [1.29, 1.82) is 0 Å². The lowest BCUT2D eigenvalue weighted by Crippen LogP contribution is -2.58. The van der Waals surface area contributed by atoms with Crippen LogP contribution in [0.25, 0.3) is 0 Å². The Morgan fingerprint density at radius 1 is 0.286 bits per heavy atom. The molecule has 37 N–H and O–H groups in total. The maximum atomic E-state index is 13.6. The molecule has 49 heteroatoms. The van der Waals surface area contributed by atoms with Crippen LogP contribution in [0.15, 0.2) is 99.9 Å². The molecule has 3 fully saturated rings. The summed E-state index contributed by atoms with van der Waals surface area (Å²) in [6.45, 7) is 5.54. The number of aromatic hydroxyl groups is 1. The van der Waals surface area contributed by atoms with Crippen LogP contribution in [-0.2, 0) is 99.1 Å². The first-order valence-electron chi connectivity index (χ1n) is 43.0. The van der Waals surface area contributed by atoms with E-state index in [4.69, 9.17) is 51.6 Å². The molecule has 3 aromatic carbocycles. The van der Waals surface area contributed by atoms with Crippen molar-refractivity contribution < 1.29 is 107 Å². The van der Waals surface area contributed by atoms with Gasteiger partial charge in [-0.2, -0.15) is 0 Å². The Kier molecular flexibility index (Phi) is 50.7. The lowest BCUT2D eigenvalue weighted by Gasteiger charge is -2.26. The summed E-state index contributed by atoms with van der Waals surface area (Å²) in [4.78, 5) is 246. The number of nitrogens with two attached hydrogens (primary N) is 9.